The Kier molecular flexibility index (Phi) is 5.50. The molecule has 152 valence electrons. The predicted molar refractivity (Wildman–Crippen MR) is 131 cm³/mol. The molecule has 1 unspecified atom stereocenters. The van der Waals surface area contributed by atoms with E-state index in [0.717, 1.165) is 45.9 Å². The second-order valence-corrected chi connectivity index (χ2v) is 8.38. The number of aromatic nitrogens is 2. The highest BCUT2D eigenvalue weighted by Gasteiger charge is 2.21. The molecule has 1 heterocycles. The van der Waals surface area contributed by atoms with Crippen LogP contribution in [0, 0.1) is 0 Å². The van der Waals surface area contributed by atoms with Crippen LogP contribution in [0.2, 0.25) is 10.0 Å². The normalized spacial score (nSPS) is 15.4. The van der Waals surface area contributed by atoms with Gasteiger partial charge in [0, 0.05) is 32.7 Å². The van der Waals surface area contributed by atoms with E-state index in [2.05, 4.69) is 53.6 Å². The van der Waals surface area contributed by atoms with Gasteiger partial charge in [0.2, 0.25) is 0 Å². The standard InChI is InChI=1S/C27H20Cl2N2/c28-20-15-16-24(29)23(17-20)21-13-7-8-14-22(21)27-30-25(18-9-3-1-4-10-18)26(31-27)19-11-5-2-6-12-19/h1-11,13-17,19H,12H2,(H,30,31). The second-order valence-electron chi connectivity index (χ2n) is 7.54. The molecule has 0 saturated carbocycles. The van der Waals surface area contributed by atoms with Gasteiger partial charge in [-0.1, -0.05) is 102 Å². The largest absolute Gasteiger partial charge is 0.341 e. The Morgan fingerprint density at radius 2 is 1.58 bits per heavy atom. The molecule has 0 spiro atoms. The molecule has 1 aliphatic rings. The molecular weight excluding hydrogens is 423 g/mol. The van der Waals surface area contributed by atoms with Crippen LogP contribution >= 0.6 is 23.2 Å². The molecule has 1 N–H and O–H groups in total. The lowest BCUT2D eigenvalue weighted by molar-refractivity contribution is 0.827. The van der Waals surface area contributed by atoms with Gasteiger partial charge in [-0.3, -0.25) is 0 Å². The molecule has 0 bridgehead atoms. The van der Waals surface area contributed by atoms with Crippen LogP contribution in [0.4, 0.5) is 0 Å². The quantitative estimate of drug-likeness (QED) is 0.338. The molecule has 0 amide bonds. The second kappa shape index (κ2) is 8.58. The third kappa shape index (κ3) is 3.97. The molecule has 1 atom stereocenters. The predicted octanol–water partition coefficient (Wildman–Crippen LogP) is 8.32. The van der Waals surface area contributed by atoms with Crippen molar-refractivity contribution in [2.45, 2.75) is 12.3 Å². The first kappa shape index (κ1) is 19.9. The van der Waals surface area contributed by atoms with E-state index in [0.29, 0.717) is 10.0 Å². The van der Waals surface area contributed by atoms with E-state index >= 15 is 0 Å². The lowest BCUT2D eigenvalue weighted by Crippen LogP contribution is -1.99. The Morgan fingerprint density at radius 1 is 0.806 bits per heavy atom. The first-order valence-corrected chi connectivity index (χ1v) is 11.0. The Balaban J connectivity index is 1.69. The van der Waals surface area contributed by atoms with Crippen LogP contribution in [0.25, 0.3) is 33.8 Å². The van der Waals surface area contributed by atoms with E-state index in [4.69, 9.17) is 28.2 Å². The maximum absolute atomic E-state index is 6.54. The zero-order chi connectivity index (χ0) is 21.2. The summed E-state index contributed by atoms with van der Waals surface area (Å²) in [5.74, 6) is 1.08. The highest BCUT2D eigenvalue weighted by molar-refractivity contribution is 6.35. The van der Waals surface area contributed by atoms with Gasteiger partial charge in [-0.15, -0.1) is 0 Å². The molecule has 4 heteroatoms. The molecule has 0 saturated heterocycles. The van der Waals surface area contributed by atoms with Crippen molar-refractivity contribution < 1.29 is 0 Å². The van der Waals surface area contributed by atoms with Gasteiger partial charge in [0.05, 0.1) is 11.4 Å². The van der Waals surface area contributed by atoms with Gasteiger partial charge in [-0.25, -0.2) is 4.98 Å². The van der Waals surface area contributed by atoms with Crippen LogP contribution < -0.4 is 0 Å². The first-order chi connectivity index (χ1) is 15.2. The van der Waals surface area contributed by atoms with E-state index in [1.165, 1.54) is 0 Å². The number of nitrogens with zero attached hydrogens (tertiary/aromatic N) is 1. The monoisotopic (exact) mass is 442 g/mol. The van der Waals surface area contributed by atoms with Crippen LogP contribution in [0.15, 0.2) is 97.1 Å². The zero-order valence-electron chi connectivity index (χ0n) is 16.7. The minimum atomic E-state index is 0.253. The Hall–Kier alpha value is -3.07. The lowest BCUT2D eigenvalue weighted by Gasteiger charge is -2.13. The van der Waals surface area contributed by atoms with Crippen molar-refractivity contribution in [2.75, 3.05) is 0 Å². The lowest BCUT2D eigenvalue weighted by atomic mass is 9.94. The number of imidazole rings is 1. The number of hydrogen-bond donors (Lipinski definition) is 1. The molecular formula is C27H20Cl2N2. The third-order valence-corrected chi connectivity index (χ3v) is 6.10. The summed E-state index contributed by atoms with van der Waals surface area (Å²) in [5.41, 5.74) is 6.08. The van der Waals surface area contributed by atoms with E-state index in [9.17, 15) is 0 Å². The smallest absolute Gasteiger partial charge is 0.138 e. The van der Waals surface area contributed by atoms with Gasteiger partial charge in [-0.2, -0.15) is 0 Å². The fourth-order valence-electron chi connectivity index (χ4n) is 4.02. The maximum atomic E-state index is 6.54. The maximum Gasteiger partial charge on any atom is 0.138 e. The topological polar surface area (TPSA) is 28.7 Å². The van der Waals surface area contributed by atoms with Crippen LogP contribution in [0.3, 0.4) is 0 Å². The molecule has 4 aromatic rings. The van der Waals surface area contributed by atoms with Gasteiger partial charge in [0.1, 0.15) is 5.82 Å². The van der Waals surface area contributed by atoms with Gasteiger partial charge >= 0.3 is 0 Å². The van der Waals surface area contributed by atoms with Crippen molar-refractivity contribution in [2.24, 2.45) is 0 Å². The van der Waals surface area contributed by atoms with E-state index in [-0.39, 0.29) is 5.92 Å². The average Bonchev–Trinajstić information content (AvgIpc) is 3.27. The number of H-pyrrole nitrogens is 1. The number of halogens is 2. The number of benzene rings is 3. The molecule has 1 aromatic heterocycles. The Morgan fingerprint density at radius 3 is 2.35 bits per heavy atom. The molecule has 0 radical (unpaired) electrons. The Bertz CT molecular complexity index is 1290. The molecule has 0 fully saturated rings. The van der Waals surface area contributed by atoms with Gasteiger partial charge in [0.15, 0.2) is 0 Å². The molecule has 2 nitrogen and oxygen atoms in total. The van der Waals surface area contributed by atoms with Crippen LogP contribution in [0.1, 0.15) is 18.0 Å². The van der Waals surface area contributed by atoms with Crippen LogP contribution in [-0.4, -0.2) is 9.97 Å². The SMILES string of the molecule is Clc1ccc(Cl)c(-c2ccccc2-c2nc(-c3ccccc3)c(C3C=CC=CC3)[nH]2)c1. The zero-order valence-corrected chi connectivity index (χ0v) is 18.2. The van der Waals surface area contributed by atoms with Crippen molar-refractivity contribution >= 4 is 23.2 Å². The van der Waals surface area contributed by atoms with Crippen molar-refractivity contribution in [3.63, 3.8) is 0 Å². The third-order valence-electron chi connectivity index (χ3n) is 5.53. The summed E-state index contributed by atoms with van der Waals surface area (Å²) in [6, 6.07) is 24.0. The summed E-state index contributed by atoms with van der Waals surface area (Å²) in [4.78, 5) is 8.71. The van der Waals surface area contributed by atoms with E-state index in [1.807, 2.05) is 42.5 Å². The fourth-order valence-corrected chi connectivity index (χ4v) is 4.41. The fraction of sp³-hybridized carbons (Fsp3) is 0.0741. The molecule has 3 aromatic carbocycles. The number of nitrogens with one attached hydrogen (secondary N) is 1. The van der Waals surface area contributed by atoms with Crippen molar-refractivity contribution in [1.82, 2.24) is 9.97 Å². The number of hydrogen-bond acceptors (Lipinski definition) is 1. The minimum Gasteiger partial charge on any atom is -0.341 e. The molecule has 31 heavy (non-hydrogen) atoms. The van der Waals surface area contributed by atoms with Crippen molar-refractivity contribution in [1.29, 1.82) is 0 Å². The van der Waals surface area contributed by atoms with Gasteiger partial charge in [0.25, 0.3) is 0 Å². The van der Waals surface area contributed by atoms with Gasteiger partial charge in [-0.05, 0) is 30.2 Å². The number of aromatic amines is 1. The summed E-state index contributed by atoms with van der Waals surface area (Å²) < 4.78 is 0. The number of allylic oxidation sites excluding steroid dienone is 4. The Labute approximate surface area is 191 Å². The highest BCUT2D eigenvalue weighted by atomic mass is 35.5. The average molecular weight is 443 g/mol. The number of rotatable bonds is 4. The van der Waals surface area contributed by atoms with Gasteiger partial charge < -0.3 is 4.98 Å². The molecule has 5 rings (SSSR count). The summed E-state index contributed by atoms with van der Waals surface area (Å²) in [6.45, 7) is 0. The summed E-state index contributed by atoms with van der Waals surface area (Å²) in [5, 5.41) is 1.31. The van der Waals surface area contributed by atoms with Crippen molar-refractivity contribution in [3.05, 3.63) is 113 Å². The van der Waals surface area contributed by atoms with Crippen molar-refractivity contribution in [3.8, 4) is 33.8 Å². The summed E-state index contributed by atoms with van der Waals surface area (Å²) in [7, 11) is 0. The van der Waals surface area contributed by atoms with Crippen LogP contribution in [-0.2, 0) is 0 Å². The molecule has 0 aliphatic heterocycles. The first-order valence-electron chi connectivity index (χ1n) is 10.2. The summed E-state index contributed by atoms with van der Waals surface area (Å²) in [6.07, 6.45) is 9.55. The molecule has 1 aliphatic carbocycles. The van der Waals surface area contributed by atoms with E-state index < -0.39 is 0 Å². The minimum absolute atomic E-state index is 0.253. The summed E-state index contributed by atoms with van der Waals surface area (Å²) >= 11 is 12.8. The van der Waals surface area contributed by atoms with E-state index in [1.54, 1.807) is 6.07 Å². The van der Waals surface area contributed by atoms with Crippen LogP contribution in [0.5, 0.6) is 0 Å². The highest BCUT2D eigenvalue weighted by Crippen LogP contribution is 2.39.